The van der Waals surface area contributed by atoms with Gasteiger partial charge in [0, 0.05) is 13.1 Å². The van der Waals surface area contributed by atoms with Gasteiger partial charge in [0.25, 0.3) is 5.91 Å². The molecule has 2 aromatic rings. The molecule has 1 aliphatic carbocycles. The number of nitrogens with zero attached hydrogens (tertiary/aromatic N) is 2. The van der Waals surface area contributed by atoms with E-state index in [1.165, 1.54) is 0 Å². The molecule has 0 radical (unpaired) electrons. The lowest BCUT2D eigenvalue weighted by Gasteiger charge is -2.36. The van der Waals surface area contributed by atoms with Crippen LogP contribution in [0.5, 0.6) is 0 Å². The van der Waals surface area contributed by atoms with Crippen molar-refractivity contribution in [2.45, 2.75) is 51.1 Å². The fraction of sp³-hybridized carbons (Fsp3) is 0.423. The van der Waals surface area contributed by atoms with Gasteiger partial charge in [-0.15, -0.1) is 0 Å². The van der Waals surface area contributed by atoms with Gasteiger partial charge in [0.2, 0.25) is 5.91 Å². The van der Waals surface area contributed by atoms with Crippen LogP contribution >= 0.6 is 0 Å². The van der Waals surface area contributed by atoms with Crippen LogP contribution in [-0.2, 0) is 22.6 Å². The van der Waals surface area contributed by atoms with E-state index in [1.54, 1.807) is 4.90 Å². The number of hydrogen-bond acceptors (Lipinski definition) is 3. The summed E-state index contributed by atoms with van der Waals surface area (Å²) >= 11 is 0. The van der Waals surface area contributed by atoms with E-state index in [4.69, 9.17) is 0 Å². The van der Waals surface area contributed by atoms with Crippen LogP contribution < -0.4 is 5.32 Å². The SMILES string of the molecule is C[C@@H]1CCCC[C@]12NC(=O)N(CC(=O)N(CCc1ccccc1)Cc1ccccc1)C2=O. The maximum Gasteiger partial charge on any atom is 0.325 e. The lowest BCUT2D eigenvalue weighted by molar-refractivity contribution is -0.140. The maximum atomic E-state index is 13.3. The first-order valence-electron chi connectivity index (χ1n) is 11.5. The molecule has 6 heteroatoms. The number of benzene rings is 2. The number of urea groups is 1. The molecule has 1 saturated heterocycles. The van der Waals surface area contributed by atoms with Gasteiger partial charge in [-0.25, -0.2) is 4.79 Å². The number of carbonyl (C=O) groups excluding carboxylic acids is 3. The summed E-state index contributed by atoms with van der Waals surface area (Å²) in [6, 6.07) is 19.4. The first kappa shape index (κ1) is 22.1. The van der Waals surface area contributed by atoms with Gasteiger partial charge in [-0.05, 0) is 36.3 Å². The molecule has 2 aliphatic rings. The van der Waals surface area contributed by atoms with E-state index in [0.29, 0.717) is 25.9 Å². The Labute approximate surface area is 189 Å². The highest BCUT2D eigenvalue weighted by atomic mass is 16.2. The molecule has 2 atom stereocenters. The Morgan fingerprint density at radius 1 is 1.03 bits per heavy atom. The molecule has 4 amide bonds. The van der Waals surface area contributed by atoms with Crippen LogP contribution in [0.3, 0.4) is 0 Å². The zero-order valence-electron chi connectivity index (χ0n) is 18.6. The topological polar surface area (TPSA) is 69.7 Å². The standard InChI is InChI=1S/C26H31N3O3/c1-20-10-8-9-16-26(20)24(31)29(25(32)27-26)19-23(30)28(18-22-13-6-3-7-14-22)17-15-21-11-4-2-5-12-21/h2-7,11-14,20H,8-10,15-19H2,1H3,(H,27,32)/t20-,26+/m1/s1. The molecule has 1 N–H and O–H groups in total. The smallest absolute Gasteiger partial charge is 0.325 e. The Bertz CT molecular complexity index is 963. The van der Waals surface area contributed by atoms with E-state index in [9.17, 15) is 14.4 Å². The lowest BCUT2D eigenvalue weighted by Crippen LogP contribution is -2.54. The lowest BCUT2D eigenvalue weighted by atomic mass is 9.73. The van der Waals surface area contributed by atoms with Crippen molar-refractivity contribution >= 4 is 17.8 Å². The largest absolute Gasteiger partial charge is 0.336 e. The second kappa shape index (κ2) is 9.55. The molecule has 1 spiro atoms. The summed E-state index contributed by atoms with van der Waals surface area (Å²) in [5.74, 6) is -0.383. The molecule has 0 unspecified atom stereocenters. The van der Waals surface area contributed by atoms with Crippen molar-refractivity contribution in [1.82, 2.24) is 15.1 Å². The van der Waals surface area contributed by atoms with Gasteiger partial charge in [-0.3, -0.25) is 14.5 Å². The van der Waals surface area contributed by atoms with Gasteiger partial charge in [0.05, 0.1) is 0 Å². The van der Waals surface area contributed by atoms with Gasteiger partial charge in [0.1, 0.15) is 12.1 Å². The third kappa shape index (κ3) is 4.54. The Morgan fingerprint density at radius 3 is 2.34 bits per heavy atom. The summed E-state index contributed by atoms with van der Waals surface area (Å²) in [4.78, 5) is 42.2. The molecule has 6 nitrogen and oxygen atoms in total. The van der Waals surface area contributed by atoms with Crippen LogP contribution in [-0.4, -0.2) is 46.3 Å². The predicted octanol–water partition coefficient (Wildman–Crippen LogP) is 3.76. The van der Waals surface area contributed by atoms with Gasteiger partial charge in [-0.1, -0.05) is 80.4 Å². The predicted molar refractivity (Wildman–Crippen MR) is 123 cm³/mol. The van der Waals surface area contributed by atoms with Gasteiger partial charge in [-0.2, -0.15) is 0 Å². The molecular formula is C26H31N3O3. The van der Waals surface area contributed by atoms with Crippen LogP contribution in [0.2, 0.25) is 0 Å². The van der Waals surface area contributed by atoms with Crippen molar-refractivity contribution in [1.29, 1.82) is 0 Å². The van der Waals surface area contributed by atoms with Crippen molar-refractivity contribution < 1.29 is 14.4 Å². The van der Waals surface area contributed by atoms with E-state index < -0.39 is 11.6 Å². The number of nitrogens with one attached hydrogen (secondary N) is 1. The Hall–Kier alpha value is -3.15. The molecular weight excluding hydrogens is 402 g/mol. The molecule has 2 aromatic carbocycles. The van der Waals surface area contributed by atoms with Crippen LogP contribution in [0.1, 0.15) is 43.7 Å². The average molecular weight is 434 g/mol. The fourth-order valence-corrected chi connectivity index (χ4v) is 4.88. The molecule has 0 aromatic heterocycles. The normalized spacial score (nSPS) is 22.8. The van der Waals surface area contributed by atoms with Crippen LogP contribution in [0.25, 0.3) is 0 Å². The Balaban J connectivity index is 1.48. The van der Waals surface area contributed by atoms with E-state index >= 15 is 0 Å². The quantitative estimate of drug-likeness (QED) is 0.676. The molecule has 4 rings (SSSR count). The minimum absolute atomic E-state index is 0.0753. The van der Waals surface area contributed by atoms with Crippen molar-refractivity contribution in [3.63, 3.8) is 0 Å². The molecule has 168 valence electrons. The third-order valence-corrected chi connectivity index (χ3v) is 6.88. The monoisotopic (exact) mass is 433 g/mol. The number of amides is 4. The van der Waals surface area contributed by atoms with Crippen molar-refractivity contribution in [3.8, 4) is 0 Å². The highest BCUT2D eigenvalue weighted by molar-refractivity contribution is 6.09. The van der Waals surface area contributed by atoms with E-state index in [1.807, 2.05) is 67.6 Å². The second-order valence-electron chi connectivity index (χ2n) is 8.98. The summed E-state index contributed by atoms with van der Waals surface area (Å²) in [6.07, 6.45) is 4.24. The number of rotatable bonds is 7. The molecule has 1 saturated carbocycles. The summed E-state index contributed by atoms with van der Waals surface area (Å²) < 4.78 is 0. The van der Waals surface area contributed by atoms with Crippen molar-refractivity contribution in [2.75, 3.05) is 13.1 Å². The number of carbonyl (C=O) groups is 3. The van der Waals surface area contributed by atoms with E-state index in [0.717, 1.165) is 35.3 Å². The van der Waals surface area contributed by atoms with E-state index in [-0.39, 0.29) is 24.3 Å². The minimum atomic E-state index is -0.843. The molecule has 32 heavy (non-hydrogen) atoms. The highest BCUT2D eigenvalue weighted by Crippen LogP contribution is 2.38. The van der Waals surface area contributed by atoms with Crippen LogP contribution in [0.15, 0.2) is 60.7 Å². The van der Waals surface area contributed by atoms with Crippen LogP contribution in [0, 0.1) is 5.92 Å². The summed E-state index contributed by atoms with van der Waals surface area (Å²) in [5, 5.41) is 2.94. The first-order chi connectivity index (χ1) is 15.5. The average Bonchev–Trinajstić information content (AvgIpc) is 3.04. The molecule has 0 bridgehead atoms. The zero-order valence-corrected chi connectivity index (χ0v) is 18.6. The molecule has 1 heterocycles. The number of hydrogen-bond donors (Lipinski definition) is 1. The Morgan fingerprint density at radius 2 is 1.69 bits per heavy atom. The minimum Gasteiger partial charge on any atom is -0.336 e. The highest BCUT2D eigenvalue weighted by Gasteiger charge is 2.55. The summed E-state index contributed by atoms with van der Waals surface area (Å²) in [6.45, 7) is 2.76. The van der Waals surface area contributed by atoms with E-state index in [2.05, 4.69) is 5.32 Å². The fourth-order valence-electron chi connectivity index (χ4n) is 4.88. The molecule has 2 fully saturated rings. The zero-order chi connectivity index (χ0) is 22.6. The number of imide groups is 1. The summed E-state index contributed by atoms with van der Waals surface area (Å²) in [7, 11) is 0. The van der Waals surface area contributed by atoms with Crippen molar-refractivity contribution in [3.05, 3.63) is 71.8 Å². The third-order valence-electron chi connectivity index (χ3n) is 6.88. The van der Waals surface area contributed by atoms with Gasteiger partial charge >= 0.3 is 6.03 Å². The van der Waals surface area contributed by atoms with Gasteiger partial charge in [0.15, 0.2) is 0 Å². The first-order valence-corrected chi connectivity index (χ1v) is 11.5. The van der Waals surface area contributed by atoms with Gasteiger partial charge < -0.3 is 10.2 Å². The maximum absolute atomic E-state index is 13.3. The Kier molecular flexibility index (Phi) is 6.58. The van der Waals surface area contributed by atoms with Crippen molar-refractivity contribution in [2.24, 2.45) is 5.92 Å². The molecule has 1 aliphatic heterocycles. The summed E-state index contributed by atoms with van der Waals surface area (Å²) in [5.41, 5.74) is 1.32. The van der Waals surface area contributed by atoms with Crippen LogP contribution in [0.4, 0.5) is 4.79 Å². The second-order valence-corrected chi connectivity index (χ2v) is 8.98.